The van der Waals surface area contributed by atoms with Crippen LogP contribution in [0, 0.1) is 12.2 Å². The van der Waals surface area contributed by atoms with Gasteiger partial charge in [0, 0.05) is 0 Å². The minimum atomic E-state index is 0. The maximum absolute atomic E-state index is 8.00. The van der Waals surface area contributed by atoms with Crippen molar-refractivity contribution >= 4 is 13.6 Å². The minimum absolute atomic E-state index is 0. The van der Waals surface area contributed by atoms with Crippen LogP contribution in [0.1, 0.15) is 12.8 Å². The van der Waals surface area contributed by atoms with E-state index in [2.05, 4.69) is 24.3 Å². The van der Waals surface area contributed by atoms with Crippen LogP contribution in [0.5, 0.6) is 0 Å². The van der Waals surface area contributed by atoms with Crippen LogP contribution in [-0.2, 0) is 26.4 Å². The quantitative estimate of drug-likeness (QED) is 0.617. The zero-order valence-corrected chi connectivity index (χ0v) is 9.48. The Labute approximate surface area is 102 Å². The minimum Gasteiger partial charge on any atom is -0.307 e. The smallest absolute Gasteiger partial charge is 0.307 e. The molecule has 0 bridgehead atoms. The summed E-state index contributed by atoms with van der Waals surface area (Å²) in [7, 11) is 0. The van der Waals surface area contributed by atoms with Crippen LogP contribution in [0.3, 0.4) is 0 Å². The summed E-state index contributed by atoms with van der Waals surface area (Å²) >= 11 is 0. The van der Waals surface area contributed by atoms with E-state index in [9.17, 15) is 0 Å². The fourth-order valence-corrected chi connectivity index (χ4v) is 0.680. The standard InChI is InChI=1S/2C5H5.2CH2O.Co/c2*1-2-4-5-3-1;2*1-2;/h2*1-3H,4H2;2*1H2;/q2*-1;;;+2. The van der Waals surface area contributed by atoms with Gasteiger partial charge in [0.15, 0.2) is 0 Å². The van der Waals surface area contributed by atoms with Gasteiger partial charge in [-0.1, -0.05) is 0 Å². The van der Waals surface area contributed by atoms with Crippen LogP contribution >= 0.6 is 0 Å². The van der Waals surface area contributed by atoms with Gasteiger partial charge in [0.05, 0.1) is 0 Å². The monoisotopic (exact) mass is 249 g/mol. The summed E-state index contributed by atoms with van der Waals surface area (Å²) in [6.45, 7) is 4.00. The van der Waals surface area contributed by atoms with Crippen molar-refractivity contribution in [3.8, 4) is 0 Å². The third kappa shape index (κ3) is 19.3. The van der Waals surface area contributed by atoms with E-state index >= 15 is 0 Å². The zero-order valence-electron chi connectivity index (χ0n) is 8.44. The molecule has 83 valence electrons. The molecule has 2 aliphatic rings. The molecule has 0 fully saturated rings. The topological polar surface area (TPSA) is 34.1 Å². The molecule has 0 atom stereocenters. The SMILES string of the molecule is C=O.C=O.[C-]1=CC=CC1.[C-]1=CC=CC1.[Co+2]. The predicted octanol–water partition coefficient (Wildman–Crippen LogP) is 2.24. The van der Waals surface area contributed by atoms with Crippen LogP contribution in [0.2, 0.25) is 0 Å². The van der Waals surface area contributed by atoms with E-state index in [0.29, 0.717) is 0 Å². The first-order valence-electron chi connectivity index (χ1n) is 4.01. The Kier molecular flexibility index (Phi) is 29.8. The summed E-state index contributed by atoms with van der Waals surface area (Å²) in [6, 6.07) is 0. The zero-order chi connectivity index (χ0) is 11.1. The molecule has 2 rings (SSSR count). The van der Waals surface area contributed by atoms with E-state index in [1.54, 1.807) is 0 Å². The van der Waals surface area contributed by atoms with Gasteiger partial charge in [-0.3, -0.25) is 12.2 Å². The molecule has 0 saturated carbocycles. The number of carbonyl (C=O) groups excluding carboxylic acids is 2. The fraction of sp³-hybridized carbons (Fsp3) is 0.167. The second-order valence-corrected chi connectivity index (χ2v) is 2.01. The summed E-state index contributed by atoms with van der Waals surface area (Å²) in [5.74, 6) is 0. The molecule has 0 unspecified atom stereocenters. The average molecular weight is 249 g/mol. The Bertz CT molecular complexity index is 174. The third-order valence-corrected chi connectivity index (χ3v) is 1.17. The summed E-state index contributed by atoms with van der Waals surface area (Å²) in [4.78, 5) is 16.0. The molecule has 1 radical (unpaired) electrons. The van der Waals surface area contributed by atoms with E-state index < -0.39 is 0 Å². The van der Waals surface area contributed by atoms with E-state index in [1.807, 2.05) is 37.9 Å². The largest absolute Gasteiger partial charge is 2.00 e. The first-order chi connectivity index (χ1) is 7.00. The fourth-order valence-electron chi connectivity index (χ4n) is 0.680. The molecule has 0 saturated heterocycles. The van der Waals surface area contributed by atoms with Gasteiger partial charge in [-0.15, -0.1) is 12.8 Å². The van der Waals surface area contributed by atoms with Crippen molar-refractivity contribution < 1.29 is 26.4 Å². The van der Waals surface area contributed by atoms with Crippen LogP contribution in [0.25, 0.3) is 0 Å². The van der Waals surface area contributed by atoms with Crippen LogP contribution < -0.4 is 0 Å². The second-order valence-electron chi connectivity index (χ2n) is 2.01. The van der Waals surface area contributed by atoms with Crippen molar-refractivity contribution in [1.29, 1.82) is 0 Å². The molecule has 2 nitrogen and oxygen atoms in total. The summed E-state index contributed by atoms with van der Waals surface area (Å²) in [5, 5.41) is 0. The maximum Gasteiger partial charge on any atom is 2.00 e. The molecule has 0 aliphatic heterocycles. The molecule has 0 heterocycles. The van der Waals surface area contributed by atoms with Crippen LogP contribution in [-0.4, -0.2) is 13.6 Å². The molecule has 3 heteroatoms. The average Bonchev–Trinajstić information content (AvgIpc) is 3.01. The van der Waals surface area contributed by atoms with Crippen molar-refractivity contribution in [3.63, 3.8) is 0 Å². The van der Waals surface area contributed by atoms with Crippen LogP contribution in [0.15, 0.2) is 36.5 Å². The molecular formula is C12H14CoO2. The van der Waals surface area contributed by atoms with Crippen molar-refractivity contribution in [2.45, 2.75) is 12.8 Å². The van der Waals surface area contributed by atoms with Gasteiger partial charge >= 0.3 is 16.8 Å². The van der Waals surface area contributed by atoms with Crippen molar-refractivity contribution in [2.75, 3.05) is 0 Å². The Hall–Kier alpha value is -1.19. The Morgan fingerprint density at radius 2 is 1.13 bits per heavy atom. The molecule has 0 aromatic rings. The Morgan fingerprint density at radius 3 is 1.20 bits per heavy atom. The predicted molar refractivity (Wildman–Crippen MR) is 57.4 cm³/mol. The summed E-state index contributed by atoms with van der Waals surface area (Å²) in [5.41, 5.74) is 0. The third-order valence-electron chi connectivity index (χ3n) is 1.17. The van der Waals surface area contributed by atoms with Gasteiger partial charge < -0.3 is 9.59 Å². The van der Waals surface area contributed by atoms with Crippen molar-refractivity contribution in [2.24, 2.45) is 0 Å². The number of rotatable bonds is 0. The van der Waals surface area contributed by atoms with E-state index in [0.717, 1.165) is 12.8 Å². The Morgan fingerprint density at radius 1 is 0.800 bits per heavy atom. The summed E-state index contributed by atoms with van der Waals surface area (Å²) < 4.78 is 0. The van der Waals surface area contributed by atoms with Crippen molar-refractivity contribution in [1.82, 2.24) is 0 Å². The molecule has 0 aromatic carbocycles. The molecule has 2 aliphatic carbocycles. The van der Waals surface area contributed by atoms with Gasteiger partial charge in [-0.05, 0) is 0 Å². The first-order valence-corrected chi connectivity index (χ1v) is 4.01. The number of allylic oxidation sites excluding steroid dienone is 8. The van der Waals surface area contributed by atoms with E-state index in [4.69, 9.17) is 9.59 Å². The molecule has 15 heavy (non-hydrogen) atoms. The molecule has 0 N–H and O–H groups in total. The van der Waals surface area contributed by atoms with Gasteiger partial charge in [0.1, 0.15) is 13.6 Å². The van der Waals surface area contributed by atoms with Gasteiger partial charge in [0.2, 0.25) is 0 Å². The van der Waals surface area contributed by atoms with Crippen LogP contribution in [0.4, 0.5) is 0 Å². The number of hydrogen-bond donors (Lipinski definition) is 0. The molecule has 0 amide bonds. The van der Waals surface area contributed by atoms with E-state index in [-0.39, 0.29) is 16.8 Å². The molecule has 0 spiro atoms. The first kappa shape index (κ1) is 19.4. The van der Waals surface area contributed by atoms with E-state index in [1.165, 1.54) is 0 Å². The summed E-state index contributed by atoms with van der Waals surface area (Å²) in [6.07, 6.45) is 20.0. The maximum atomic E-state index is 8.00. The van der Waals surface area contributed by atoms with Crippen molar-refractivity contribution in [3.05, 3.63) is 48.6 Å². The molecular weight excluding hydrogens is 235 g/mol. The van der Waals surface area contributed by atoms with Gasteiger partial charge in [0.25, 0.3) is 0 Å². The van der Waals surface area contributed by atoms with Gasteiger partial charge in [-0.25, -0.2) is 24.3 Å². The number of carbonyl (C=O) groups is 2. The van der Waals surface area contributed by atoms with Gasteiger partial charge in [-0.2, -0.15) is 12.2 Å². The number of hydrogen-bond acceptors (Lipinski definition) is 2. The Balaban J connectivity index is -0.000000138. The molecule has 0 aromatic heterocycles. The normalized spacial score (nSPS) is 12.3. The second kappa shape index (κ2) is 23.0.